The molecule has 1 aromatic heterocycles. The topological polar surface area (TPSA) is 59.5 Å². The zero-order valence-corrected chi connectivity index (χ0v) is 10.7. The van der Waals surface area contributed by atoms with E-state index >= 15 is 0 Å². The van der Waals surface area contributed by atoms with Crippen molar-refractivity contribution >= 4 is 23.2 Å². The molecular weight excluding hydrogens is 266 g/mol. The van der Waals surface area contributed by atoms with Crippen LogP contribution in [-0.2, 0) is 20.9 Å². The van der Waals surface area contributed by atoms with Crippen molar-refractivity contribution in [2.75, 3.05) is 13.7 Å². The molecule has 1 amide bonds. The standard InChI is InChI=1S/C10H12F2N2O3S/c1-3-17-9(16)10(11,12)8(15)14(2)4-7-5-18-6-13-7/h5-6H,3-4H2,1-2H3. The summed E-state index contributed by atoms with van der Waals surface area (Å²) in [6.07, 6.45) is 0. The smallest absolute Gasteiger partial charge is 0.419 e. The van der Waals surface area contributed by atoms with Crippen LogP contribution >= 0.6 is 11.3 Å². The Bertz CT molecular complexity index is 423. The van der Waals surface area contributed by atoms with Gasteiger partial charge >= 0.3 is 17.8 Å². The summed E-state index contributed by atoms with van der Waals surface area (Å²) in [6.45, 7) is 1.09. The zero-order chi connectivity index (χ0) is 13.8. The van der Waals surface area contributed by atoms with Crippen LogP contribution in [0.25, 0.3) is 0 Å². The van der Waals surface area contributed by atoms with Gasteiger partial charge in [-0.25, -0.2) is 9.78 Å². The van der Waals surface area contributed by atoms with Crippen LogP contribution in [-0.4, -0.2) is 41.3 Å². The lowest BCUT2D eigenvalue weighted by molar-refractivity contribution is -0.182. The average molecular weight is 278 g/mol. The number of rotatable bonds is 5. The number of carbonyl (C=O) groups excluding carboxylic acids is 2. The van der Waals surface area contributed by atoms with Crippen LogP contribution in [0.2, 0.25) is 0 Å². The first-order valence-electron chi connectivity index (χ1n) is 5.07. The van der Waals surface area contributed by atoms with Crippen LogP contribution in [0.1, 0.15) is 12.6 Å². The number of hydrogen-bond donors (Lipinski definition) is 0. The van der Waals surface area contributed by atoms with E-state index in [0.717, 1.165) is 4.90 Å². The third kappa shape index (κ3) is 3.22. The summed E-state index contributed by atoms with van der Waals surface area (Å²) < 4.78 is 30.9. The Morgan fingerprint density at radius 2 is 2.22 bits per heavy atom. The molecule has 0 radical (unpaired) electrons. The van der Waals surface area contributed by atoms with Gasteiger partial charge in [0.1, 0.15) is 0 Å². The minimum absolute atomic E-state index is 0.0860. The van der Waals surface area contributed by atoms with Crippen molar-refractivity contribution in [2.45, 2.75) is 19.4 Å². The van der Waals surface area contributed by atoms with E-state index in [2.05, 4.69) is 9.72 Å². The van der Waals surface area contributed by atoms with Crippen LogP contribution in [0.5, 0.6) is 0 Å². The molecule has 0 aromatic carbocycles. The van der Waals surface area contributed by atoms with Gasteiger partial charge in [-0.05, 0) is 6.92 Å². The second-order valence-corrected chi connectivity index (χ2v) is 4.15. The van der Waals surface area contributed by atoms with Gasteiger partial charge in [0.2, 0.25) is 0 Å². The van der Waals surface area contributed by atoms with Crippen molar-refractivity contribution in [3.8, 4) is 0 Å². The van der Waals surface area contributed by atoms with Crippen LogP contribution in [0.15, 0.2) is 10.9 Å². The minimum atomic E-state index is -4.17. The Hall–Kier alpha value is -1.57. The fourth-order valence-corrected chi connectivity index (χ4v) is 1.73. The lowest BCUT2D eigenvalue weighted by atomic mass is 10.3. The molecular formula is C10H12F2N2O3S. The third-order valence-electron chi connectivity index (χ3n) is 2.03. The second-order valence-electron chi connectivity index (χ2n) is 3.44. The summed E-state index contributed by atoms with van der Waals surface area (Å²) in [6, 6.07) is 0. The number of amides is 1. The molecule has 0 atom stereocenters. The van der Waals surface area contributed by atoms with Crippen LogP contribution in [0.4, 0.5) is 8.78 Å². The average Bonchev–Trinajstić information content (AvgIpc) is 2.80. The summed E-state index contributed by atoms with van der Waals surface area (Å²) in [5.41, 5.74) is 2.01. The first-order chi connectivity index (χ1) is 8.39. The van der Waals surface area contributed by atoms with E-state index < -0.39 is 17.8 Å². The van der Waals surface area contributed by atoms with Crippen LogP contribution in [0, 0.1) is 0 Å². The predicted molar refractivity (Wildman–Crippen MR) is 60.2 cm³/mol. The Morgan fingerprint density at radius 1 is 1.56 bits per heavy atom. The highest BCUT2D eigenvalue weighted by Crippen LogP contribution is 2.19. The molecule has 8 heteroatoms. The van der Waals surface area contributed by atoms with Crippen LogP contribution in [0.3, 0.4) is 0 Å². The first kappa shape index (κ1) is 14.5. The van der Waals surface area contributed by atoms with Gasteiger partial charge in [0.05, 0.1) is 24.4 Å². The molecule has 0 unspecified atom stereocenters. The van der Waals surface area contributed by atoms with Gasteiger partial charge in [-0.15, -0.1) is 11.3 Å². The Kier molecular flexibility index (Phi) is 4.71. The maximum Gasteiger partial charge on any atom is 0.419 e. The van der Waals surface area contributed by atoms with E-state index in [1.54, 1.807) is 5.38 Å². The summed E-state index contributed by atoms with van der Waals surface area (Å²) in [5.74, 6) is -7.60. The van der Waals surface area contributed by atoms with Crippen molar-refractivity contribution in [1.82, 2.24) is 9.88 Å². The molecule has 18 heavy (non-hydrogen) atoms. The molecule has 0 saturated carbocycles. The van der Waals surface area contributed by atoms with Gasteiger partial charge < -0.3 is 9.64 Å². The highest BCUT2D eigenvalue weighted by Gasteiger charge is 2.50. The van der Waals surface area contributed by atoms with Crippen molar-refractivity contribution in [3.05, 3.63) is 16.6 Å². The quantitative estimate of drug-likeness (QED) is 0.601. The SMILES string of the molecule is CCOC(=O)C(F)(F)C(=O)N(C)Cc1cscn1. The van der Waals surface area contributed by atoms with Gasteiger partial charge in [-0.1, -0.05) is 0 Å². The number of alkyl halides is 2. The van der Waals surface area contributed by atoms with E-state index in [1.807, 2.05) is 0 Å². The highest BCUT2D eigenvalue weighted by molar-refractivity contribution is 7.07. The van der Waals surface area contributed by atoms with Gasteiger partial charge in [0.25, 0.3) is 0 Å². The molecule has 1 aromatic rings. The number of carbonyl (C=O) groups is 2. The van der Waals surface area contributed by atoms with E-state index in [9.17, 15) is 18.4 Å². The molecule has 0 aliphatic carbocycles. The number of esters is 1. The maximum absolute atomic E-state index is 13.4. The summed E-state index contributed by atoms with van der Waals surface area (Å²) in [4.78, 5) is 27.0. The van der Waals surface area contributed by atoms with Crippen molar-refractivity contribution < 1.29 is 23.1 Å². The number of halogens is 2. The van der Waals surface area contributed by atoms with Crippen molar-refractivity contribution in [2.24, 2.45) is 0 Å². The molecule has 5 nitrogen and oxygen atoms in total. The van der Waals surface area contributed by atoms with Gasteiger partial charge in [-0.3, -0.25) is 4.79 Å². The number of hydrogen-bond acceptors (Lipinski definition) is 5. The Labute approximate surface area is 106 Å². The van der Waals surface area contributed by atoms with Crippen molar-refractivity contribution in [1.29, 1.82) is 0 Å². The molecule has 1 rings (SSSR count). The largest absolute Gasteiger partial charge is 0.461 e. The second kappa shape index (κ2) is 5.85. The molecule has 0 saturated heterocycles. The normalized spacial score (nSPS) is 11.1. The Balaban J connectivity index is 2.70. The lowest BCUT2D eigenvalue weighted by Crippen LogP contribution is -2.47. The van der Waals surface area contributed by atoms with Crippen molar-refractivity contribution in [3.63, 3.8) is 0 Å². The molecule has 100 valence electrons. The molecule has 0 spiro atoms. The minimum Gasteiger partial charge on any atom is -0.461 e. The zero-order valence-electron chi connectivity index (χ0n) is 9.85. The highest BCUT2D eigenvalue weighted by atomic mass is 32.1. The van der Waals surface area contributed by atoms with E-state index in [0.29, 0.717) is 5.69 Å². The van der Waals surface area contributed by atoms with Gasteiger partial charge in [0, 0.05) is 12.4 Å². The predicted octanol–water partition coefficient (Wildman–Crippen LogP) is 1.30. The first-order valence-corrected chi connectivity index (χ1v) is 6.01. The van der Waals surface area contributed by atoms with Gasteiger partial charge in [-0.2, -0.15) is 8.78 Å². The molecule has 0 aliphatic heterocycles. The molecule has 0 bridgehead atoms. The number of thiazole rings is 1. The molecule has 1 heterocycles. The number of nitrogens with zero attached hydrogens (tertiary/aromatic N) is 2. The summed E-state index contributed by atoms with van der Waals surface area (Å²) >= 11 is 1.29. The van der Waals surface area contributed by atoms with E-state index in [-0.39, 0.29) is 13.2 Å². The fourth-order valence-electron chi connectivity index (χ4n) is 1.18. The van der Waals surface area contributed by atoms with E-state index in [4.69, 9.17) is 0 Å². The molecule has 0 fully saturated rings. The fraction of sp³-hybridized carbons (Fsp3) is 0.500. The van der Waals surface area contributed by atoms with Crippen LogP contribution < -0.4 is 0 Å². The summed E-state index contributed by atoms with van der Waals surface area (Å²) in [7, 11) is 1.18. The number of ether oxygens (including phenoxy) is 1. The van der Waals surface area contributed by atoms with Gasteiger partial charge in [0.15, 0.2) is 0 Å². The third-order valence-corrected chi connectivity index (χ3v) is 2.67. The monoisotopic (exact) mass is 278 g/mol. The Morgan fingerprint density at radius 3 is 2.72 bits per heavy atom. The molecule has 0 N–H and O–H groups in total. The maximum atomic E-state index is 13.4. The number of aromatic nitrogens is 1. The van der Waals surface area contributed by atoms with E-state index in [1.165, 1.54) is 30.8 Å². The molecule has 0 aliphatic rings. The summed E-state index contributed by atoms with van der Waals surface area (Å²) in [5, 5.41) is 1.63. The lowest BCUT2D eigenvalue weighted by Gasteiger charge is -2.21.